The van der Waals surface area contributed by atoms with Gasteiger partial charge in [-0.2, -0.15) is 0 Å². The van der Waals surface area contributed by atoms with E-state index >= 15 is 0 Å². The smallest absolute Gasteiger partial charge is 0.336 e. The van der Waals surface area contributed by atoms with Gasteiger partial charge in [0.05, 0.1) is 25.3 Å². The summed E-state index contributed by atoms with van der Waals surface area (Å²) in [5, 5.41) is 11.8. The molecule has 0 aliphatic heterocycles. The number of methoxy groups -OCH3 is 2. The van der Waals surface area contributed by atoms with Crippen molar-refractivity contribution in [1.82, 2.24) is 0 Å². The van der Waals surface area contributed by atoms with E-state index in [2.05, 4.69) is 5.32 Å². The quantitative estimate of drug-likeness (QED) is 0.887. The second-order valence-corrected chi connectivity index (χ2v) is 4.37. The number of rotatable bonds is 5. The van der Waals surface area contributed by atoms with E-state index in [1.807, 2.05) is 0 Å². The summed E-state index contributed by atoms with van der Waals surface area (Å²) in [4.78, 5) is 23.4. The molecule has 2 rings (SSSR count). The first-order valence-electron chi connectivity index (χ1n) is 6.42. The molecule has 0 bridgehead atoms. The number of benzene rings is 2. The van der Waals surface area contributed by atoms with Crippen LogP contribution in [0.4, 0.5) is 5.69 Å². The van der Waals surface area contributed by atoms with Gasteiger partial charge in [0.15, 0.2) is 11.5 Å². The number of carbonyl (C=O) groups is 2. The fraction of sp³-hybridized carbons (Fsp3) is 0.125. The highest BCUT2D eigenvalue weighted by Gasteiger charge is 2.16. The fourth-order valence-electron chi connectivity index (χ4n) is 1.98. The number of amides is 1. The lowest BCUT2D eigenvalue weighted by atomic mass is 10.1. The molecule has 0 heterocycles. The first kappa shape index (κ1) is 15.4. The normalized spacial score (nSPS) is 9.91. The summed E-state index contributed by atoms with van der Waals surface area (Å²) in [6.45, 7) is 0. The van der Waals surface area contributed by atoms with Crippen LogP contribution in [0.25, 0.3) is 0 Å². The van der Waals surface area contributed by atoms with Gasteiger partial charge in [-0.1, -0.05) is 12.1 Å². The zero-order chi connectivity index (χ0) is 16.1. The molecule has 0 fully saturated rings. The molecule has 114 valence electrons. The molecule has 0 radical (unpaired) electrons. The molecule has 0 aliphatic rings. The second-order valence-electron chi connectivity index (χ2n) is 4.37. The molecule has 22 heavy (non-hydrogen) atoms. The average Bonchev–Trinajstić information content (AvgIpc) is 2.54. The fourth-order valence-corrected chi connectivity index (χ4v) is 1.98. The highest BCUT2D eigenvalue weighted by molar-refractivity contribution is 6.10. The lowest BCUT2D eigenvalue weighted by molar-refractivity contribution is 0.0692. The van der Waals surface area contributed by atoms with Crippen LogP contribution in [0.3, 0.4) is 0 Å². The van der Waals surface area contributed by atoms with Crippen molar-refractivity contribution in [3.05, 3.63) is 53.6 Å². The monoisotopic (exact) mass is 301 g/mol. The maximum atomic E-state index is 12.2. The molecule has 2 N–H and O–H groups in total. The summed E-state index contributed by atoms with van der Waals surface area (Å²) in [6, 6.07) is 10.9. The van der Waals surface area contributed by atoms with Crippen LogP contribution in [0.15, 0.2) is 42.5 Å². The van der Waals surface area contributed by atoms with Crippen LogP contribution in [-0.2, 0) is 0 Å². The number of ether oxygens (including phenoxy) is 2. The minimum Gasteiger partial charge on any atom is -0.493 e. The van der Waals surface area contributed by atoms with Crippen LogP contribution in [-0.4, -0.2) is 31.2 Å². The van der Waals surface area contributed by atoms with Crippen molar-refractivity contribution in [3.8, 4) is 11.5 Å². The van der Waals surface area contributed by atoms with Gasteiger partial charge in [-0.25, -0.2) is 4.79 Å². The molecule has 0 aliphatic carbocycles. The number of carbonyl (C=O) groups excluding carboxylic acids is 1. The van der Waals surface area contributed by atoms with Crippen LogP contribution in [0.1, 0.15) is 20.7 Å². The minimum atomic E-state index is -1.15. The Balaban J connectivity index is 2.28. The van der Waals surface area contributed by atoms with Crippen LogP contribution >= 0.6 is 0 Å². The average molecular weight is 301 g/mol. The maximum absolute atomic E-state index is 12.2. The number of anilines is 1. The SMILES string of the molecule is COc1ccc(NC(=O)c2ccccc2C(=O)O)cc1OC. The minimum absolute atomic E-state index is 0.0551. The number of carboxylic acids is 1. The van der Waals surface area contributed by atoms with Gasteiger partial charge >= 0.3 is 5.97 Å². The third-order valence-electron chi connectivity index (χ3n) is 3.04. The highest BCUT2D eigenvalue weighted by atomic mass is 16.5. The van der Waals surface area contributed by atoms with Crippen molar-refractivity contribution in [3.63, 3.8) is 0 Å². The van der Waals surface area contributed by atoms with Gasteiger partial charge in [0, 0.05) is 11.8 Å². The Bertz CT molecular complexity index is 711. The van der Waals surface area contributed by atoms with Crippen molar-refractivity contribution in [2.24, 2.45) is 0 Å². The zero-order valence-corrected chi connectivity index (χ0v) is 12.1. The predicted octanol–water partition coefficient (Wildman–Crippen LogP) is 2.65. The lowest BCUT2D eigenvalue weighted by Gasteiger charge is -2.11. The van der Waals surface area contributed by atoms with Crippen molar-refractivity contribution in [2.75, 3.05) is 19.5 Å². The Morgan fingerprint density at radius 1 is 0.955 bits per heavy atom. The Labute approximate surface area is 127 Å². The molecule has 0 unspecified atom stereocenters. The van der Waals surface area contributed by atoms with Gasteiger partial charge in [0.1, 0.15) is 0 Å². The summed E-state index contributed by atoms with van der Waals surface area (Å²) < 4.78 is 10.3. The van der Waals surface area contributed by atoms with E-state index in [0.29, 0.717) is 17.2 Å². The molecular formula is C16H15NO5. The molecule has 2 aromatic rings. The Morgan fingerprint density at radius 2 is 1.59 bits per heavy atom. The van der Waals surface area contributed by atoms with Crippen molar-refractivity contribution in [1.29, 1.82) is 0 Å². The van der Waals surface area contributed by atoms with Gasteiger partial charge in [-0.3, -0.25) is 4.79 Å². The van der Waals surface area contributed by atoms with Gasteiger partial charge in [-0.05, 0) is 24.3 Å². The third kappa shape index (κ3) is 3.17. The van der Waals surface area contributed by atoms with E-state index in [1.54, 1.807) is 30.3 Å². The van der Waals surface area contributed by atoms with Crippen molar-refractivity contribution < 1.29 is 24.2 Å². The molecule has 0 atom stereocenters. The molecule has 2 aromatic carbocycles. The first-order valence-corrected chi connectivity index (χ1v) is 6.42. The Morgan fingerprint density at radius 3 is 2.18 bits per heavy atom. The summed E-state index contributed by atoms with van der Waals surface area (Å²) in [7, 11) is 3.00. The van der Waals surface area contributed by atoms with Crippen LogP contribution in [0.2, 0.25) is 0 Å². The Hall–Kier alpha value is -3.02. The van der Waals surface area contributed by atoms with E-state index in [-0.39, 0.29) is 11.1 Å². The molecule has 1 amide bonds. The summed E-state index contributed by atoms with van der Waals surface area (Å²) >= 11 is 0. The van der Waals surface area contributed by atoms with E-state index in [9.17, 15) is 9.59 Å². The van der Waals surface area contributed by atoms with Crippen LogP contribution in [0.5, 0.6) is 11.5 Å². The molecule has 6 heteroatoms. The van der Waals surface area contributed by atoms with Crippen LogP contribution < -0.4 is 14.8 Å². The summed E-state index contributed by atoms with van der Waals surface area (Å²) in [5.41, 5.74) is 0.508. The standard InChI is InChI=1S/C16H15NO5/c1-21-13-8-7-10(9-14(13)22-2)17-15(18)11-5-3-4-6-12(11)16(19)20/h3-9H,1-2H3,(H,17,18)(H,19,20). The van der Waals surface area contributed by atoms with E-state index in [4.69, 9.17) is 14.6 Å². The first-order chi connectivity index (χ1) is 10.6. The topological polar surface area (TPSA) is 84.9 Å². The van der Waals surface area contributed by atoms with Gasteiger partial charge in [-0.15, -0.1) is 0 Å². The highest BCUT2D eigenvalue weighted by Crippen LogP contribution is 2.30. The molecule has 0 spiro atoms. The zero-order valence-electron chi connectivity index (χ0n) is 12.1. The predicted molar refractivity (Wildman–Crippen MR) is 80.9 cm³/mol. The molecular weight excluding hydrogens is 286 g/mol. The summed E-state index contributed by atoms with van der Waals surface area (Å²) in [6.07, 6.45) is 0. The van der Waals surface area contributed by atoms with E-state index in [1.165, 1.54) is 26.4 Å². The summed E-state index contributed by atoms with van der Waals surface area (Å²) in [5.74, 6) is -0.665. The lowest BCUT2D eigenvalue weighted by Crippen LogP contribution is -2.16. The molecule has 0 saturated carbocycles. The number of hydrogen-bond acceptors (Lipinski definition) is 4. The third-order valence-corrected chi connectivity index (χ3v) is 3.04. The number of aromatic carboxylic acids is 1. The second kappa shape index (κ2) is 6.62. The maximum Gasteiger partial charge on any atom is 0.336 e. The largest absolute Gasteiger partial charge is 0.493 e. The van der Waals surface area contributed by atoms with Crippen molar-refractivity contribution >= 4 is 17.6 Å². The van der Waals surface area contributed by atoms with E-state index < -0.39 is 11.9 Å². The van der Waals surface area contributed by atoms with Crippen molar-refractivity contribution in [2.45, 2.75) is 0 Å². The van der Waals surface area contributed by atoms with Gasteiger partial charge in [0.25, 0.3) is 5.91 Å². The van der Waals surface area contributed by atoms with Crippen LogP contribution in [0, 0.1) is 0 Å². The molecule has 0 aromatic heterocycles. The van der Waals surface area contributed by atoms with E-state index in [0.717, 1.165) is 0 Å². The number of carboxylic acid groups (broad SMARTS) is 1. The number of nitrogens with one attached hydrogen (secondary N) is 1. The van der Waals surface area contributed by atoms with Gasteiger partial charge in [0.2, 0.25) is 0 Å². The molecule has 0 saturated heterocycles. The molecule has 6 nitrogen and oxygen atoms in total. The Kier molecular flexibility index (Phi) is 4.63. The number of hydrogen-bond donors (Lipinski definition) is 2. The van der Waals surface area contributed by atoms with Gasteiger partial charge < -0.3 is 19.9 Å².